The Hall–Kier alpha value is -3.05. The molecule has 1 N–H and O–H groups in total. The number of sulfonamides is 1. The van der Waals surface area contributed by atoms with E-state index in [0.29, 0.717) is 25.1 Å². The summed E-state index contributed by atoms with van der Waals surface area (Å²) < 4.78 is 34.3. The Balaban J connectivity index is 1.44. The van der Waals surface area contributed by atoms with Gasteiger partial charge in [-0.05, 0) is 38.0 Å². The van der Waals surface area contributed by atoms with Gasteiger partial charge < -0.3 is 4.42 Å². The first-order chi connectivity index (χ1) is 14.3. The highest BCUT2D eigenvalue weighted by Crippen LogP contribution is 2.25. The lowest BCUT2D eigenvalue weighted by molar-refractivity contribution is -0.121. The third-order valence-electron chi connectivity index (χ3n) is 5.00. The second-order valence-electron chi connectivity index (χ2n) is 7.29. The van der Waals surface area contributed by atoms with Crippen molar-refractivity contribution in [1.82, 2.24) is 24.3 Å². The second-order valence-corrected chi connectivity index (χ2v) is 9.23. The molecule has 1 aromatic carbocycles. The van der Waals surface area contributed by atoms with E-state index >= 15 is 0 Å². The van der Waals surface area contributed by atoms with Gasteiger partial charge in [-0.1, -0.05) is 22.8 Å². The number of nitrogens with one attached hydrogen (secondary N) is 1. The molecule has 1 atom stereocenters. The van der Waals surface area contributed by atoms with Gasteiger partial charge in [0.15, 0.2) is 0 Å². The first kappa shape index (κ1) is 20.2. The molecule has 0 radical (unpaired) electrons. The summed E-state index contributed by atoms with van der Waals surface area (Å²) in [5.74, 6) is -0.669. The van der Waals surface area contributed by atoms with E-state index < -0.39 is 15.9 Å². The van der Waals surface area contributed by atoms with Crippen molar-refractivity contribution in [3.8, 4) is 11.6 Å². The zero-order valence-electron chi connectivity index (χ0n) is 16.6. The van der Waals surface area contributed by atoms with E-state index in [-0.39, 0.29) is 29.3 Å². The number of benzene rings is 1. The van der Waals surface area contributed by atoms with Crippen LogP contribution in [0, 0.1) is 12.8 Å². The van der Waals surface area contributed by atoms with Crippen LogP contribution in [0.2, 0.25) is 0 Å². The minimum Gasteiger partial charge on any atom is -0.401 e. The summed E-state index contributed by atoms with van der Waals surface area (Å²) in [5.41, 5.74) is 1.48. The van der Waals surface area contributed by atoms with Gasteiger partial charge >= 0.3 is 6.01 Å². The summed E-state index contributed by atoms with van der Waals surface area (Å²) in [5, 5.41) is 14.5. The summed E-state index contributed by atoms with van der Waals surface area (Å²) in [6, 6.07) is 8.37. The molecule has 11 heteroatoms. The van der Waals surface area contributed by atoms with Crippen LogP contribution in [0.25, 0.3) is 11.6 Å². The minimum atomic E-state index is -3.66. The number of piperidine rings is 1. The van der Waals surface area contributed by atoms with Crippen LogP contribution < -0.4 is 5.32 Å². The van der Waals surface area contributed by atoms with Crippen molar-refractivity contribution >= 4 is 21.9 Å². The normalized spacial score (nSPS) is 17.7. The van der Waals surface area contributed by atoms with Gasteiger partial charge in [-0.3, -0.25) is 14.8 Å². The van der Waals surface area contributed by atoms with Crippen molar-refractivity contribution in [2.24, 2.45) is 13.0 Å². The average Bonchev–Trinajstić information content (AvgIpc) is 3.37. The van der Waals surface area contributed by atoms with Crippen molar-refractivity contribution in [3.63, 3.8) is 0 Å². The predicted octanol–water partition coefficient (Wildman–Crippen LogP) is 1.82. The Morgan fingerprint density at radius 3 is 2.67 bits per heavy atom. The maximum absolute atomic E-state index is 12.9. The molecule has 4 rings (SSSR count). The van der Waals surface area contributed by atoms with Gasteiger partial charge in [0.25, 0.3) is 5.89 Å². The van der Waals surface area contributed by atoms with Crippen LogP contribution in [0.1, 0.15) is 18.4 Å². The number of aryl methyl sites for hydroxylation is 2. The molecule has 0 saturated carbocycles. The van der Waals surface area contributed by atoms with Crippen molar-refractivity contribution in [2.45, 2.75) is 24.7 Å². The molecule has 1 aliphatic heterocycles. The highest BCUT2D eigenvalue weighted by Gasteiger charge is 2.33. The zero-order valence-corrected chi connectivity index (χ0v) is 17.5. The van der Waals surface area contributed by atoms with Crippen LogP contribution in [0.5, 0.6) is 0 Å². The van der Waals surface area contributed by atoms with E-state index in [0.717, 1.165) is 5.56 Å². The SMILES string of the molecule is Cc1ccc(S(=O)(=O)N2CCCC(C(=O)Nc3nnc(-c4ccn(C)n4)o3)C2)cc1. The molecule has 3 heterocycles. The van der Waals surface area contributed by atoms with Crippen LogP contribution in [-0.4, -0.2) is 51.7 Å². The molecule has 1 aliphatic rings. The third kappa shape index (κ3) is 4.12. The number of hydrogen-bond acceptors (Lipinski definition) is 7. The Morgan fingerprint density at radius 2 is 1.97 bits per heavy atom. The standard InChI is InChI=1S/C19H22N6O4S/c1-13-5-7-15(8-6-13)30(27,28)25-10-3-4-14(12-25)17(26)20-19-22-21-18(29-19)16-9-11-24(2)23-16/h5-9,11,14H,3-4,10,12H2,1-2H3,(H,20,22,26). The van der Waals surface area contributed by atoms with Crippen molar-refractivity contribution in [3.05, 3.63) is 42.1 Å². The van der Waals surface area contributed by atoms with Gasteiger partial charge in [-0.15, -0.1) is 5.10 Å². The summed E-state index contributed by atoms with van der Waals surface area (Å²) in [4.78, 5) is 12.9. The molecular weight excluding hydrogens is 408 g/mol. The number of anilines is 1. The number of carbonyl (C=O) groups is 1. The third-order valence-corrected chi connectivity index (χ3v) is 6.88. The Labute approximate surface area is 174 Å². The fourth-order valence-electron chi connectivity index (χ4n) is 3.35. The van der Waals surface area contributed by atoms with E-state index in [1.807, 2.05) is 6.92 Å². The lowest BCUT2D eigenvalue weighted by atomic mass is 9.99. The van der Waals surface area contributed by atoms with Gasteiger partial charge in [0.2, 0.25) is 15.9 Å². The fraction of sp³-hybridized carbons (Fsp3) is 0.368. The van der Waals surface area contributed by atoms with E-state index in [2.05, 4.69) is 20.6 Å². The first-order valence-corrected chi connectivity index (χ1v) is 11.0. The average molecular weight is 430 g/mol. The summed E-state index contributed by atoms with van der Waals surface area (Å²) in [7, 11) is -1.89. The zero-order chi connectivity index (χ0) is 21.3. The van der Waals surface area contributed by atoms with E-state index in [1.54, 1.807) is 48.3 Å². The summed E-state index contributed by atoms with van der Waals surface area (Å²) in [6.07, 6.45) is 2.90. The Morgan fingerprint density at radius 1 is 1.20 bits per heavy atom. The first-order valence-electron chi connectivity index (χ1n) is 9.54. The second kappa shape index (κ2) is 8.00. The lowest BCUT2D eigenvalue weighted by Gasteiger charge is -2.30. The van der Waals surface area contributed by atoms with E-state index in [1.165, 1.54) is 4.31 Å². The van der Waals surface area contributed by atoms with Gasteiger partial charge in [-0.25, -0.2) is 8.42 Å². The lowest BCUT2D eigenvalue weighted by Crippen LogP contribution is -2.43. The largest absolute Gasteiger partial charge is 0.401 e. The smallest absolute Gasteiger partial charge is 0.322 e. The molecule has 158 valence electrons. The number of hydrogen-bond donors (Lipinski definition) is 1. The van der Waals surface area contributed by atoms with Crippen molar-refractivity contribution in [1.29, 1.82) is 0 Å². The van der Waals surface area contributed by atoms with Gasteiger partial charge in [0.05, 0.1) is 10.8 Å². The summed E-state index contributed by atoms with van der Waals surface area (Å²) in [6.45, 7) is 2.38. The molecule has 2 aromatic heterocycles. The molecule has 1 unspecified atom stereocenters. The maximum Gasteiger partial charge on any atom is 0.322 e. The molecule has 0 bridgehead atoms. The molecule has 0 aliphatic carbocycles. The van der Waals surface area contributed by atoms with Crippen molar-refractivity contribution < 1.29 is 17.6 Å². The number of amides is 1. The van der Waals surface area contributed by atoms with Crippen LogP contribution in [0.4, 0.5) is 6.01 Å². The van der Waals surface area contributed by atoms with Crippen LogP contribution >= 0.6 is 0 Å². The number of aromatic nitrogens is 4. The molecule has 30 heavy (non-hydrogen) atoms. The molecule has 1 fully saturated rings. The fourth-order valence-corrected chi connectivity index (χ4v) is 4.87. The molecular formula is C19H22N6O4S. The topological polar surface area (TPSA) is 123 Å². The molecule has 10 nitrogen and oxygen atoms in total. The maximum atomic E-state index is 12.9. The highest BCUT2D eigenvalue weighted by molar-refractivity contribution is 7.89. The molecule has 0 spiro atoms. The van der Waals surface area contributed by atoms with Gasteiger partial charge in [0, 0.05) is 26.3 Å². The van der Waals surface area contributed by atoms with Crippen LogP contribution in [0.3, 0.4) is 0 Å². The number of rotatable bonds is 5. The van der Waals surface area contributed by atoms with Crippen molar-refractivity contribution in [2.75, 3.05) is 18.4 Å². The Bertz CT molecular complexity index is 1150. The molecule has 1 saturated heterocycles. The number of carbonyl (C=O) groups excluding carboxylic acids is 1. The van der Waals surface area contributed by atoms with Crippen LogP contribution in [0.15, 0.2) is 45.8 Å². The number of nitrogens with zero attached hydrogens (tertiary/aromatic N) is 5. The van der Waals surface area contributed by atoms with Gasteiger partial charge in [-0.2, -0.15) is 9.40 Å². The van der Waals surface area contributed by atoms with E-state index in [9.17, 15) is 13.2 Å². The van der Waals surface area contributed by atoms with E-state index in [4.69, 9.17) is 4.42 Å². The van der Waals surface area contributed by atoms with Crippen LogP contribution in [-0.2, 0) is 21.9 Å². The summed E-state index contributed by atoms with van der Waals surface area (Å²) >= 11 is 0. The monoisotopic (exact) mass is 430 g/mol. The van der Waals surface area contributed by atoms with Gasteiger partial charge in [0.1, 0.15) is 5.69 Å². The molecule has 1 amide bonds. The minimum absolute atomic E-state index is 0.0424. The highest BCUT2D eigenvalue weighted by atomic mass is 32.2. The molecule has 3 aromatic rings. The predicted molar refractivity (Wildman–Crippen MR) is 108 cm³/mol. The quantitative estimate of drug-likeness (QED) is 0.655. The Kier molecular flexibility index (Phi) is 5.39.